The molecule has 0 aliphatic rings. The van der Waals surface area contributed by atoms with E-state index >= 15 is 0 Å². The molecule has 0 nitrogen and oxygen atoms in total. The molecule has 0 heterocycles. The van der Waals surface area contributed by atoms with Crippen LogP contribution in [0.1, 0.15) is 0 Å². The minimum Gasteiger partial charge on any atom is -0.0623 e. The molecular weight excluding hydrogens is 316 g/mol. The van der Waals surface area contributed by atoms with E-state index in [-0.39, 0.29) is 0 Å². The summed E-state index contributed by atoms with van der Waals surface area (Å²) in [6.07, 6.45) is 0. The van der Waals surface area contributed by atoms with Gasteiger partial charge in [0.25, 0.3) is 0 Å². The van der Waals surface area contributed by atoms with Crippen LogP contribution in [0.3, 0.4) is 0 Å². The number of rotatable bonds is 4. The fraction of sp³-hybridized carbons (Fsp3) is 0. The van der Waals surface area contributed by atoms with Crippen molar-refractivity contribution in [1.82, 2.24) is 0 Å². The van der Waals surface area contributed by atoms with Crippen molar-refractivity contribution in [2.75, 3.05) is 0 Å². The highest BCUT2D eigenvalue weighted by Crippen LogP contribution is 2.08. The molecule has 0 aliphatic carbocycles. The highest BCUT2D eigenvalue weighted by Gasteiger charge is 2.40. The first kappa shape index (κ1) is 15.6. The molecule has 0 spiro atoms. The summed E-state index contributed by atoms with van der Waals surface area (Å²) in [5, 5.41) is 5.59. The molecule has 4 aromatic carbocycles. The van der Waals surface area contributed by atoms with E-state index in [4.69, 9.17) is 0 Å². The van der Waals surface area contributed by atoms with E-state index in [1.807, 2.05) is 12.1 Å². The predicted molar refractivity (Wildman–Crippen MR) is 109 cm³/mol. The Morgan fingerprint density at radius 2 is 0.720 bits per heavy atom. The average Bonchev–Trinajstić information content (AvgIpc) is 2.72. The van der Waals surface area contributed by atoms with Crippen molar-refractivity contribution >= 4 is 28.8 Å². The molecular formula is C24H19Si. The van der Waals surface area contributed by atoms with Crippen molar-refractivity contribution in [3.8, 4) is 0 Å². The van der Waals surface area contributed by atoms with Crippen molar-refractivity contribution in [1.29, 1.82) is 0 Å². The summed E-state index contributed by atoms with van der Waals surface area (Å²) in [6.45, 7) is 0. The predicted octanol–water partition coefficient (Wildman–Crippen LogP) is 2.86. The van der Waals surface area contributed by atoms with Crippen LogP contribution < -0.4 is 20.7 Å². The Morgan fingerprint density at radius 1 is 0.400 bits per heavy atom. The molecule has 0 atom stereocenters. The lowest BCUT2D eigenvalue weighted by Gasteiger charge is -2.34. The van der Waals surface area contributed by atoms with E-state index in [1.165, 1.54) is 20.7 Å². The van der Waals surface area contributed by atoms with Crippen LogP contribution in [0, 0.1) is 6.07 Å². The summed E-state index contributed by atoms with van der Waals surface area (Å²) >= 11 is 0. The molecule has 0 saturated carbocycles. The maximum atomic E-state index is 3.18. The van der Waals surface area contributed by atoms with Crippen LogP contribution in [0.5, 0.6) is 0 Å². The lowest BCUT2D eigenvalue weighted by Crippen LogP contribution is -2.74. The molecule has 0 aliphatic heterocycles. The van der Waals surface area contributed by atoms with Gasteiger partial charge in [-0.05, 0) is 26.8 Å². The Hall–Kier alpha value is -2.90. The third-order valence-corrected chi connectivity index (χ3v) is 9.57. The monoisotopic (exact) mass is 335 g/mol. The second-order valence-corrected chi connectivity index (χ2v) is 9.95. The minimum atomic E-state index is -2.32. The molecule has 0 aromatic heterocycles. The fourth-order valence-corrected chi connectivity index (χ4v) is 8.45. The van der Waals surface area contributed by atoms with Gasteiger partial charge in [0.05, 0.1) is 0 Å². The van der Waals surface area contributed by atoms with Crippen molar-refractivity contribution in [3.63, 3.8) is 0 Å². The Labute approximate surface area is 150 Å². The Bertz CT molecular complexity index is 753. The first-order chi connectivity index (χ1) is 12.4. The van der Waals surface area contributed by atoms with Gasteiger partial charge < -0.3 is 0 Å². The number of hydrogen-bond acceptors (Lipinski definition) is 0. The van der Waals surface area contributed by atoms with E-state index in [1.54, 1.807) is 0 Å². The van der Waals surface area contributed by atoms with Crippen LogP contribution in [0.4, 0.5) is 0 Å². The third-order valence-electron chi connectivity index (χ3n) is 4.77. The Kier molecular flexibility index (Phi) is 4.32. The van der Waals surface area contributed by atoms with Gasteiger partial charge in [0.2, 0.25) is 0 Å². The highest BCUT2D eigenvalue weighted by atomic mass is 28.3. The fourth-order valence-electron chi connectivity index (χ4n) is 3.70. The van der Waals surface area contributed by atoms with E-state index in [0.29, 0.717) is 0 Å². The topological polar surface area (TPSA) is 0 Å². The second-order valence-electron chi connectivity index (χ2n) is 6.14. The number of hydrogen-bond donors (Lipinski definition) is 0. The van der Waals surface area contributed by atoms with Gasteiger partial charge in [-0.25, -0.2) is 0 Å². The maximum absolute atomic E-state index is 3.18. The van der Waals surface area contributed by atoms with E-state index in [2.05, 4.69) is 109 Å². The van der Waals surface area contributed by atoms with E-state index < -0.39 is 8.07 Å². The second kappa shape index (κ2) is 6.92. The van der Waals surface area contributed by atoms with Crippen molar-refractivity contribution in [3.05, 3.63) is 121 Å². The molecule has 25 heavy (non-hydrogen) atoms. The molecule has 0 bridgehead atoms. The summed E-state index contributed by atoms with van der Waals surface area (Å²) in [5.74, 6) is 0. The lowest BCUT2D eigenvalue weighted by atomic mass is 10.3. The molecule has 0 N–H and O–H groups in total. The average molecular weight is 336 g/mol. The molecule has 0 saturated heterocycles. The zero-order valence-electron chi connectivity index (χ0n) is 14.0. The van der Waals surface area contributed by atoms with Crippen LogP contribution in [0.25, 0.3) is 0 Å². The zero-order valence-corrected chi connectivity index (χ0v) is 15.0. The largest absolute Gasteiger partial charge is 0.179 e. The lowest BCUT2D eigenvalue weighted by molar-refractivity contribution is 1.66. The van der Waals surface area contributed by atoms with Gasteiger partial charge >= 0.3 is 0 Å². The summed E-state index contributed by atoms with van der Waals surface area (Å²) in [4.78, 5) is 0. The van der Waals surface area contributed by atoms with Crippen LogP contribution in [0.2, 0.25) is 0 Å². The molecule has 4 rings (SSSR count). The van der Waals surface area contributed by atoms with Crippen molar-refractivity contribution in [2.45, 2.75) is 0 Å². The van der Waals surface area contributed by atoms with E-state index in [0.717, 1.165) is 0 Å². The maximum Gasteiger partial charge on any atom is 0.179 e. The molecule has 1 radical (unpaired) electrons. The van der Waals surface area contributed by atoms with Gasteiger partial charge in [0.15, 0.2) is 8.07 Å². The Balaban J connectivity index is 2.13. The molecule has 119 valence electrons. The first-order valence-electron chi connectivity index (χ1n) is 8.55. The summed E-state index contributed by atoms with van der Waals surface area (Å²) in [5.41, 5.74) is 0. The summed E-state index contributed by atoms with van der Waals surface area (Å²) in [7, 11) is -2.32. The van der Waals surface area contributed by atoms with Crippen molar-refractivity contribution in [2.24, 2.45) is 0 Å². The van der Waals surface area contributed by atoms with Gasteiger partial charge in [0.1, 0.15) is 0 Å². The van der Waals surface area contributed by atoms with Gasteiger partial charge in [0, 0.05) is 0 Å². The van der Waals surface area contributed by atoms with Crippen LogP contribution in [-0.2, 0) is 0 Å². The summed E-state index contributed by atoms with van der Waals surface area (Å²) < 4.78 is 0. The van der Waals surface area contributed by atoms with Crippen LogP contribution >= 0.6 is 0 Å². The third kappa shape index (κ3) is 2.73. The van der Waals surface area contributed by atoms with Gasteiger partial charge in [-0.1, -0.05) is 115 Å². The van der Waals surface area contributed by atoms with Crippen molar-refractivity contribution < 1.29 is 0 Å². The highest BCUT2D eigenvalue weighted by molar-refractivity contribution is 7.19. The van der Waals surface area contributed by atoms with Gasteiger partial charge in [-0.15, -0.1) is 0 Å². The quantitative estimate of drug-likeness (QED) is 0.397. The van der Waals surface area contributed by atoms with Crippen LogP contribution in [0.15, 0.2) is 115 Å². The molecule has 0 fully saturated rings. The molecule has 0 amide bonds. The Morgan fingerprint density at radius 3 is 1.08 bits per heavy atom. The molecule has 4 aromatic rings. The first-order valence-corrected chi connectivity index (χ1v) is 10.6. The minimum absolute atomic E-state index is 1.38. The SMILES string of the molecule is [c]1ccc([Si](c2ccccc2)(c2ccccc2)c2ccccc2)cc1. The molecule has 1 heteroatoms. The van der Waals surface area contributed by atoms with Crippen LogP contribution in [-0.4, -0.2) is 8.07 Å². The zero-order chi connectivity index (χ0) is 17.0. The molecule has 0 unspecified atom stereocenters. The smallest absolute Gasteiger partial charge is 0.0623 e. The van der Waals surface area contributed by atoms with Gasteiger partial charge in [-0.2, -0.15) is 0 Å². The number of benzene rings is 4. The standard InChI is InChI=1S/C24H19Si/c1-5-13-21(14-6-1)25(22-15-7-2-8-16-22,23-17-9-3-10-18-23)24-19-11-4-12-20-24/h1-3,5-20H. The normalized spacial score (nSPS) is 11.2. The van der Waals surface area contributed by atoms with E-state index in [9.17, 15) is 0 Å². The summed E-state index contributed by atoms with van der Waals surface area (Å²) in [6, 6.07) is 44.6. The van der Waals surface area contributed by atoms with Gasteiger partial charge in [-0.3, -0.25) is 0 Å².